The lowest BCUT2D eigenvalue weighted by atomic mass is 10.1. The normalized spacial score (nSPS) is 9.79. The van der Waals surface area contributed by atoms with Crippen molar-refractivity contribution >= 4 is 5.91 Å². The minimum Gasteiger partial charge on any atom is -0.495 e. The van der Waals surface area contributed by atoms with Crippen LogP contribution >= 0.6 is 0 Å². The molecule has 19 heavy (non-hydrogen) atoms. The molecular weight excluding hydrogens is 242 g/mol. The van der Waals surface area contributed by atoms with Gasteiger partial charge < -0.3 is 15.0 Å². The molecule has 0 aromatic heterocycles. The van der Waals surface area contributed by atoms with E-state index in [1.807, 2.05) is 12.1 Å². The molecule has 0 unspecified atom stereocenters. The van der Waals surface area contributed by atoms with E-state index >= 15 is 0 Å². The highest BCUT2D eigenvalue weighted by Gasteiger charge is 2.05. The highest BCUT2D eigenvalue weighted by Crippen LogP contribution is 2.18. The van der Waals surface area contributed by atoms with E-state index in [-0.39, 0.29) is 5.91 Å². The number of amides is 1. The quantitative estimate of drug-likeness (QED) is 0.780. The molecule has 0 spiro atoms. The number of hydrogen-bond acceptors (Lipinski definition) is 4. The molecule has 1 amide bonds. The first-order chi connectivity index (χ1) is 9.08. The van der Waals surface area contributed by atoms with E-state index in [1.54, 1.807) is 32.2 Å². The Morgan fingerprint density at radius 2 is 2.21 bits per heavy atom. The molecule has 0 aliphatic carbocycles. The van der Waals surface area contributed by atoms with Crippen LogP contribution in [0.3, 0.4) is 0 Å². The van der Waals surface area contributed by atoms with Crippen molar-refractivity contribution in [2.24, 2.45) is 0 Å². The third-order valence-corrected chi connectivity index (χ3v) is 2.73. The molecule has 0 saturated carbocycles. The predicted molar refractivity (Wildman–Crippen MR) is 72.7 cm³/mol. The summed E-state index contributed by atoms with van der Waals surface area (Å²) >= 11 is 0. The summed E-state index contributed by atoms with van der Waals surface area (Å²) in [5, 5.41) is 12.1. The zero-order chi connectivity index (χ0) is 14.3. The zero-order valence-electron chi connectivity index (χ0n) is 11.6. The summed E-state index contributed by atoms with van der Waals surface area (Å²) in [6.45, 7) is 1.27. The smallest absolute Gasteiger partial charge is 0.223 e. The molecule has 0 heterocycles. The molecule has 1 N–H and O–H groups in total. The van der Waals surface area contributed by atoms with Gasteiger partial charge in [-0.05, 0) is 17.7 Å². The van der Waals surface area contributed by atoms with Crippen molar-refractivity contribution in [2.45, 2.75) is 13.0 Å². The number of benzene rings is 1. The minimum absolute atomic E-state index is 0.102. The first-order valence-corrected chi connectivity index (χ1v) is 6.06. The Balaban J connectivity index is 2.46. The molecule has 102 valence electrons. The van der Waals surface area contributed by atoms with Crippen LogP contribution < -0.4 is 10.1 Å². The second-order valence-corrected chi connectivity index (χ2v) is 4.36. The Morgan fingerprint density at radius 3 is 2.79 bits per heavy atom. The van der Waals surface area contributed by atoms with Gasteiger partial charge in [0.05, 0.1) is 12.7 Å². The van der Waals surface area contributed by atoms with Gasteiger partial charge in [0, 0.05) is 33.6 Å². The van der Waals surface area contributed by atoms with Gasteiger partial charge in [-0.3, -0.25) is 4.79 Å². The summed E-state index contributed by atoms with van der Waals surface area (Å²) in [7, 11) is 5.03. The fourth-order valence-electron chi connectivity index (χ4n) is 1.59. The number of nitrogens with zero attached hydrogens (tertiary/aromatic N) is 2. The Morgan fingerprint density at radius 1 is 1.47 bits per heavy atom. The van der Waals surface area contributed by atoms with Crippen molar-refractivity contribution in [2.75, 3.05) is 27.7 Å². The SMILES string of the molecule is COc1cc(CNCCC(=O)N(C)C)ccc1C#N. The first-order valence-electron chi connectivity index (χ1n) is 6.06. The number of nitrogens with one attached hydrogen (secondary N) is 1. The molecule has 0 saturated heterocycles. The lowest BCUT2D eigenvalue weighted by Crippen LogP contribution is -2.26. The molecule has 0 atom stereocenters. The topological polar surface area (TPSA) is 65.4 Å². The fourth-order valence-corrected chi connectivity index (χ4v) is 1.59. The van der Waals surface area contributed by atoms with Crippen LogP contribution in [-0.4, -0.2) is 38.6 Å². The highest BCUT2D eigenvalue weighted by molar-refractivity contribution is 5.75. The van der Waals surface area contributed by atoms with Gasteiger partial charge in [-0.2, -0.15) is 5.26 Å². The van der Waals surface area contributed by atoms with Crippen molar-refractivity contribution < 1.29 is 9.53 Å². The van der Waals surface area contributed by atoms with E-state index in [0.29, 0.717) is 30.8 Å². The van der Waals surface area contributed by atoms with Crippen molar-refractivity contribution in [3.05, 3.63) is 29.3 Å². The van der Waals surface area contributed by atoms with Gasteiger partial charge in [0.15, 0.2) is 0 Å². The lowest BCUT2D eigenvalue weighted by molar-refractivity contribution is -0.128. The molecule has 1 rings (SSSR count). The van der Waals surface area contributed by atoms with Gasteiger partial charge in [-0.15, -0.1) is 0 Å². The average Bonchev–Trinajstić information content (AvgIpc) is 2.42. The van der Waals surface area contributed by atoms with Crippen molar-refractivity contribution in [1.82, 2.24) is 10.2 Å². The Bertz CT molecular complexity index is 478. The van der Waals surface area contributed by atoms with Crippen LogP contribution in [0.4, 0.5) is 0 Å². The summed E-state index contributed by atoms with van der Waals surface area (Å²) < 4.78 is 5.14. The van der Waals surface area contributed by atoms with E-state index in [4.69, 9.17) is 10.00 Å². The van der Waals surface area contributed by atoms with Gasteiger partial charge >= 0.3 is 0 Å². The maximum atomic E-state index is 11.4. The molecule has 1 aromatic carbocycles. The number of carbonyl (C=O) groups is 1. The maximum Gasteiger partial charge on any atom is 0.223 e. The number of ether oxygens (including phenoxy) is 1. The summed E-state index contributed by atoms with van der Waals surface area (Å²) in [6.07, 6.45) is 0.473. The third-order valence-electron chi connectivity index (χ3n) is 2.73. The van der Waals surface area contributed by atoms with E-state index < -0.39 is 0 Å². The van der Waals surface area contributed by atoms with Gasteiger partial charge in [-0.1, -0.05) is 6.07 Å². The van der Waals surface area contributed by atoms with Crippen molar-refractivity contribution in [3.63, 3.8) is 0 Å². The number of hydrogen-bond donors (Lipinski definition) is 1. The summed E-state index contributed by atoms with van der Waals surface area (Å²) in [5.41, 5.74) is 1.54. The minimum atomic E-state index is 0.102. The van der Waals surface area contributed by atoms with E-state index in [9.17, 15) is 4.79 Å². The highest BCUT2D eigenvalue weighted by atomic mass is 16.5. The van der Waals surface area contributed by atoms with Crippen LogP contribution in [0, 0.1) is 11.3 Å². The third kappa shape index (κ3) is 4.60. The fraction of sp³-hybridized carbons (Fsp3) is 0.429. The standard InChI is InChI=1S/C14H19N3O2/c1-17(2)14(18)6-7-16-10-11-4-5-12(9-15)13(8-11)19-3/h4-5,8,16H,6-7,10H2,1-3H3. The lowest BCUT2D eigenvalue weighted by Gasteiger charge is -2.11. The molecule has 0 aliphatic heterocycles. The average molecular weight is 261 g/mol. The van der Waals surface area contributed by atoms with Gasteiger partial charge in [0.1, 0.15) is 11.8 Å². The van der Waals surface area contributed by atoms with E-state index in [0.717, 1.165) is 5.56 Å². The number of methoxy groups -OCH3 is 1. The van der Waals surface area contributed by atoms with Crippen molar-refractivity contribution in [1.29, 1.82) is 5.26 Å². The molecule has 5 nitrogen and oxygen atoms in total. The second-order valence-electron chi connectivity index (χ2n) is 4.36. The van der Waals surface area contributed by atoms with Crippen molar-refractivity contribution in [3.8, 4) is 11.8 Å². The molecule has 1 aromatic rings. The zero-order valence-corrected chi connectivity index (χ0v) is 11.6. The molecule has 0 aliphatic rings. The number of nitriles is 1. The van der Waals surface area contributed by atoms with Crippen LogP contribution in [-0.2, 0) is 11.3 Å². The van der Waals surface area contributed by atoms with Crippen LogP contribution in [0.15, 0.2) is 18.2 Å². The predicted octanol–water partition coefficient (Wildman–Crippen LogP) is 1.13. The molecule has 0 radical (unpaired) electrons. The molecule has 5 heteroatoms. The van der Waals surface area contributed by atoms with Gasteiger partial charge in [-0.25, -0.2) is 0 Å². The molecule has 0 bridgehead atoms. The van der Waals surface area contributed by atoms with E-state index in [1.165, 1.54) is 0 Å². The summed E-state index contributed by atoms with van der Waals surface area (Å²) in [5.74, 6) is 0.677. The monoisotopic (exact) mass is 261 g/mol. The van der Waals surface area contributed by atoms with Gasteiger partial charge in [0.25, 0.3) is 0 Å². The second kappa shape index (κ2) is 7.39. The number of rotatable bonds is 6. The molecular formula is C14H19N3O2. The van der Waals surface area contributed by atoms with Crippen LogP contribution in [0.5, 0.6) is 5.75 Å². The van der Waals surface area contributed by atoms with Crippen LogP contribution in [0.1, 0.15) is 17.5 Å². The van der Waals surface area contributed by atoms with Crippen LogP contribution in [0.2, 0.25) is 0 Å². The summed E-state index contributed by atoms with van der Waals surface area (Å²) in [4.78, 5) is 12.9. The Hall–Kier alpha value is -2.06. The maximum absolute atomic E-state index is 11.4. The largest absolute Gasteiger partial charge is 0.495 e. The van der Waals surface area contributed by atoms with Crippen LogP contribution in [0.25, 0.3) is 0 Å². The summed E-state index contributed by atoms with van der Waals surface area (Å²) in [6, 6.07) is 7.52. The number of carbonyl (C=O) groups excluding carboxylic acids is 1. The Kier molecular flexibility index (Phi) is 5.83. The van der Waals surface area contributed by atoms with Gasteiger partial charge in [0.2, 0.25) is 5.91 Å². The first kappa shape index (κ1) is 15.0. The Labute approximate surface area is 113 Å². The van der Waals surface area contributed by atoms with E-state index in [2.05, 4.69) is 11.4 Å². The molecule has 0 fully saturated rings.